The average Bonchev–Trinajstić information content (AvgIpc) is 2.84. The van der Waals surface area contributed by atoms with E-state index < -0.39 is 6.43 Å². The van der Waals surface area contributed by atoms with E-state index in [9.17, 15) is 13.6 Å². The van der Waals surface area contributed by atoms with E-state index in [-0.39, 0.29) is 11.3 Å². The second-order valence-corrected chi connectivity index (χ2v) is 4.80. The van der Waals surface area contributed by atoms with Gasteiger partial charge in [-0.2, -0.15) is 0 Å². The highest BCUT2D eigenvalue weighted by Gasteiger charge is 2.08. The number of rotatable bonds is 5. The van der Waals surface area contributed by atoms with Gasteiger partial charge in [-0.25, -0.2) is 8.78 Å². The number of carbonyl (C=O) groups excluding carboxylic acids is 1. The van der Waals surface area contributed by atoms with E-state index in [0.717, 1.165) is 0 Å². The number of benzene rings is 1. The van der Waals surface area contributed by atoms with Crippen molar-refractivity contribution in [3.8, 4) is 0 Å². The predicted octanol–water partition coefficient (Wildman–Crippen LogP) is 3.24. The number of halogens is 2. The number of nitrogens with zero attached hydrogens (tertiary/aromatic N) is 3. The van der Waals surface area contributed by atoms with E-state index in [4.69, 9.17) is 0 Å². The molecule has 1 heterocycles. The highest BCUT2D eigenvalue weighted by Crippen LogP contribution is 2.19. The Bertz CT molecular complexity index is 623. The molecule has 2 rings (SSSR count). The van der Waals surface area contributed by atoms with Gasteiger partial charge in [-0.1, -0.05) is 36.0 Å². The minimum atomic E-state index is -2.53. The van der Waals surface area contributed by atoms with Crippen molar-refractivity contribution in [3.63, 3.8) is 0 Å². The molecule has 7 heteroatoms. The van der Waals surface area contributed by atoms with Crippen LogP contribution in [0.1, 0.15) is 22.3 Å². The Kier molecular flexibility index (Phi) is 4.62. The first-order valence-corrected chi connectivity index (χ1v) is 6.55. The summed E-state index contributed by atoms with van der Waals surface area (Å²) in [7, 11) is 1.79. The summed E-state index contributed by atoms with van der Waals surface area (Å²) in [6, 6.07) is 5.28. The summed E-state index contributed by atoms with van der Waals surface area (Å²) < 4.78 is 26.5. The summed E-state index contributed by atoms with van der Waals surface area (Å²) in [6.07, 6.45) is 0.402. The molecule has 0 atom stereocenters. The molecule has 0 aliphatic rings. The van der Waals surface area contributed by atoms with Crippen LogP contribution in [0.5, 0.6) is 0 Å². The summed E-state index contributed by atoms with van der Waals surface area (Å²) in [6.45, 7) is 0. The molecular formula is C13H11F2N3OS. The monoisotopic (exact) mass is 295 g/mol. The van der Waals surface area contributed by atoms with E-state index >= 15 is 0 Å². The van der Waals surface area contributed by atoms with Gasteiger partial charge in [-0.05, 0) is 11.5 Å². The summed E-state index contributed by atoms with van der Waals surface area (Å²) in [5.41, 5.74) is 0.267. The van der Waals surface area contributed by atoms with Crippen molar-refractivity contribution in [2.24, 2.45) is 7.05 Å². The van der Waals surface area contributed by atoms with Crippen LogP contribution >= 0.6 is 11.8 Å². The van der Waals surface area contributed by atoms with Crippen LogP contribution in [0.3, 0.4) is 0 Å². The van der Waals surface area contributed by atoms with Gasteiger partial charge in [0.05, 0.1) is 0 Å². The Morgan fingerprint density at radius 1 is 1.35 bits per heavy atom. The second-order valence-electron chi connectivity index (χ2n) is 3.93. The van der Waals surface area contributed by atoms with E-state index in [1.165, 1.54) is 42.1 Å². The first-order valence-electron chi connectivity index (χ1n) is 5.67. The predicted molar refractivity (Wildman–Crippen MR) is 71.7 cm³/mol. The Labute approximate surface area is 118 Å². The molecule has 1 aromatic carbocycles. The standard InChI is InChI=1S/C13H11F2N3OS/c1-18-8-16-17-13(18)20-7-6-11(19)9-2-4-10(5-3-9)12(14)15/h2-8,12H,1H3/b7-6+. The molecule has 0 spiro atoms. The maximum atomic E-state index is 12.4. The Hall–Kier alpha value is -2.02. The third-order valence-corrected chi connectivity index (χ3v) is 3.36. The van der Waals surface area contributed by atoms with Crippen LogP contribution in [0.2, 0.25) is 0 Å². The molecule has 1 aromatic heterocycles. The average molecular weight is 295 g/mol. The maximum absolute atomic E-state index is 12.4. The summed E-state index contributed by atoms with van der Waals surface area (Å²) in [5.74, 6) is -0.250. The van der Waals surface area contributed by atoms with Crippen molar-refractivity contribution in [3.05, 3.63) is 53.2 Å². The number of thioether (sulfide) groups is 1. The van der Waals surface area contributed by atoms with Crippen LogP contribution in [0.15, 0.2) is 47.2 Å². The molecule has 0 aliphatic heterocycles. The van der Waals surface area contributed by atoms with Gasteiger partial charge in [0, 0.05) is 18.2 Å². The lowest BCUT2D eigenvalue weighted by atomic mass is 10.1. The van der Waals surface area contributed by atoms with Crippen molar-refractivity contribution >= 4 is 17.5 Å². The van der Waals surface area contributed by atoms with Gasteiger partial charge in [-0.15, -0.1) is 10.2 Å². The molecule has 0 fully saturated rings. The molecule has 0 radical (unpaired) electrons. The topological polar surface area (TPSA) is 47.8 Å². The number of alkyl halides is 2. The lowest BCUT2D eigenvalue weighted by Gasteiger charge is -2.00. The molecular weight excluding hydrogens is 284 g/mol. The minimum Gasteiger partial charge on any atom is -0.312 e. The third kappa shape index (κ3) is 3.51. The lowest BCUT2D eigenvalue weighted by Crippen LogP contribution is -1.95. The number of aryl methyl sites for hydroxylation is 1. The van der Waals surface area contributed by atoms with Gasteiger partial charge in [-0.3, -0.25) is 4.79 Å². The quantitative estimate of drug-likeness (QED) is 0.482. The molecule has 0 amide bonds. The fourth-order valence-corrected chi connectivity index (χ4v) is 2.05. The van der Waals surface area contributed by atoms with Crippen molar-refractivity contribution in [2.75, 3.05) is 0 Å². The molecule has 0 saturated carbocycles. The van der Waals surface area contributed by atoms with Gasteiger partial charge in [0.1, 0.15) is 6.33 Å². The first kappa shape index (κ1) is 14.4. The zero-order valence-electron chi connectivity index (χ0n) is 10.5. The SMILES string of the molecule is Cn1cnnc1S/C=C/C(=O)c1ccc(C(F)F)cc1. The van der Waals surface area contributed by atoms with Crippen LogP contribution in [-0.4, -0.2) is 20.5 Å². The normalized spacial score (nSPS) is 11.4. The fraction of sp³-hybridized carbons (Fsp3) is 0.154. The number of aromatic nitrogens is 3. The summed E-state index contributed by atoms with van der Waals surface area (Å²) in [5, 5.41) is 9.80. The minimum absolute atomic E-state index is 0.0982. The molecule has 4 nitrogen and oxygen atoms in total. The number of carbonyl (C=O) groups is 1. The smallest absolute Gasteiger partial charge is 0.263 e. The lowest BCUT2D eigenvalue weighted by molar-refractivity contribution is 0.104. The van der Waals surface area contributed by atoms with Crippen molar-refractivity contribution < 1.29 is 13.6 Å². The van der Waals surface area contributed by atoms with Gasteiger partial charge >= 0.3 is 0 Å². The van der Waals surface area contributed by atoms with Crippen LogP contribution in [0.25, 0.3) is 0 Å². The molecule has 0 N–H and O–H groups in total. The number of ketones is 1. The number of hydrogen-bond donors (Lipinski definition) is 0. The van der Waals surface area contributed by atoms with Gasteiger partial charge in [0.15, 0.2) is 10.9 Å². The van der Waals surface area contributed by atoms with Crippen molar-refractivity contribution in [1.82, 2.24) is 14.8 Å². The van der Waals surface area contributed by atoms with Crippen LogP contribution in [0, 0.1) is 0 Å². The van der Waals surface area contributed by atoms with E-state index in [0.29, 0.717) is 10.7 Å². The van der Waals surface area contributed by atoms with Crippen LogP contribution < -0.4 is 0 Å². The fourth-order valence-electron chi connectivity index (χ4n) is 1.43. The second kappa shape index (κ2) is 6.42. The van der Waals surface area contributed by atoms with Crippen LogP contribution in [-0.2, 0) is 7.05 Å². The first-order chi connectivity index (χ1) is 9.58. The number of allylic oxidation sites excluding steroid dienone is 1. The molecule has 104 valence electrons. The van der Waals surface area contributed by atoms with Crippen molar-refractivity contribution in [2.45, 2.75) is 11.6 Å². The Balaban J connectivity index is 1.99. The largest absolute Gasteiger partial charge is 0.312 e. The molecule has 0 aliphatic carbocycles. The molecule has 2 aromatic rings. The highest BCUT2D eigenvalue weighted by molar-refractivity contribution is 8.02. The molecule has 0 saturated heterocycles. The molecule has 0 unspecified atom stereocenters. The van der Waals surface area contributed by atoms with E-state index in [1.54, 1.807) is 23.4 Å². The maximum Gasteiger partial charge on any atom is 0.263 e. The Morgan fingerprint density at radius 3 is 2.60 bits per heavy atom. The van der Waals surface area contributed by atoms with E-state index in [2.05, 4.69) is 10.2 Å². The summed E-state index contributed by atoms with van der Waals surface area (Å²) in [4.78, 5) is 11.8. The molecule has 0 bridgehead atoms. The zero-order chi connectivity index (χ0) is 14.5. The molecule has 20 heavy (non-hydrogen) atoms. The third-order valence-electron chi connectivity index (χ3n) is 2.51. The Morgan fingerprint density at radius 2 is 2.05 bits per heavy atom. The highest BCUT2D eigenvalue weighted by atomic mass is 32.2. The van der Waals surface area contributed by atoms with Gasteiger partial charge in [0.2, 0.25) is 0 Å². The van der Waals surface area contributed by atoms with Crippen LogP contribution in [0.4, 0.5) is 8.78 Å². The van der Waals surface area contributed by atoms with Crippen molar-refractivity contribution in [1.29, 1.82) is 0 Å². The summed E-state index contributed by atoms with van der Waals surface area (Å²) >= 11 is 1.25. The number of hydrogen-bond acceptors (Lipinski definition) is 4. The van der Waals surface area contributed by atoms with E-state index in [1.807, 2.05) is 0 Å². The van der Waals surface area contributed by atoms with Gasteiger partial charge < -0.3 is 4.57 Å². The van der Waals surface area contributed by atoms with Gasteiger partial charge in [0.25, 0.3) is 6.43 Å². The zero-order valence-corrected chi connectivity index (χ0v) is 11.3.